The van der Waals surface area contributed by atoms with Crippen LogP contribution >= 0.6 is 0 Å². The highest BCUT2D eigenvalue weighted by Crippen LogP contribution is 2.33. The summed E-state index contributed by atoms with van der Waals surface area (Å²) in [6.45, 7) is 12.7. The molecule has 1 aromatic carbocycles. The number of likely N-dealkylation sites (tertiary alicyclic amines) is 1. The number of hydrogen-bond donors (Lipinski definition) is 1. The molecule has 2 rings (SSSR count). The van der Waals surface area contributed by atoms with E-state index in [1.165, 1.54) is 25.9 Å². The Morgan fingerprint density at radius 1 is 1.19 bits per heavy atom. The molecule has 1 aromatic rings. The van der Waals surface area contributed by atoms with Gasteiger partial charge in [-0.3, -0.25) is 0 Å². The highest BCUT2D eigenvalue weighted by atomic mass is 127. The number of nitrogens with zero attached hydrogens (tertiary/aromatic N) is 1. The molecular formula is C21H35IN2O2. The summed E-state index contributed by atoms with van der Waals surface area (Å²) in [7, 11) is 2.35. The molecule has 1 amide bonds. The quantitative estimate of drug-likeness (QED) is 0.500. The van der Waals surface area contributed by atoms with E-state index in [9.17, 15) is 4.79 Å². The largest absolute Gasteiger partial charge is 1.00 e. The summed E-state index contributed by atoms with van der Waals surface area (Å²) in [6, 6.07) is 9.77. The number of carbonyl (C=O) groups excluding carboxylic acids is 1. The zero-order valence-corrected chi connectivity index (χ0v) is 19.1. The molecule has 5 heteroatoms. The van der Waals surface area contributed by atoms with Gasteiger partial charge in [-0.25, -0.2) is 4.79 Å². The van der Waals surface area contributed by atoms with Crippen LogP contribution in [-0.4, -0.2) is 42.8 Å². The maximum Gasteiger partial charge on any atom is 0.407 e. The molecule has 26 heavy (non-hydrogen) atoms. The normalized spacial score (nSPS) is 18.5. The molecule has 1 N–H and O–H groups in total. The topological polar surface area (TPSA) is 38.3 Å². The van der Waals surface area contributed by atoms with Gasteiger partial charge in [0.2, 0.25) is 0 Å². The molecule has 1 aliphatic heterocycles. The van der Waals surface area contributed by atoms with E-state index in [1.807, 2.05) is 30.3 Å². The zero-order valence-electron chi connectivity index (χ0n) is 17.0. The molecule has 148 valence electrons. The first-order valence-corrected chi connectivity index (χ1v) is 9.42. The van der Waals surface area contributed by atoms with Crippen molar-refractivity contribution < 1.29 is 38.0 Å². The lowest BCUT2D eigenvalue weighted by molar-refractivity contribution is -0.916. The highest BCUT2D eigenvalue weighted by Gasteiger charge is 2.35. The zero-order chi connectivity index (χ0) is 18.6. The third-order valence-electron chi connectivity index (χ3n) is 5.59. The van der Waals surface area contributed by atoms with E-state index in [0.717, 1.165) is 23.0 Å². The summed E-state index contributed by atoms with van der Waals surface area (Å²) in [5.74, 6) is 0. The summed E-state index contributed by atoms with van der Waals surface area (Å²) in [6.07, 6.45) is 3.16. The molecule has 0 bridgehead atoms. The first-order chi connectivity index (χ1) is 11.6. The molecule has 1 heterocycles. The van der Waals surface area contributed by atoms with Gasteiger partial charge in [-0.15, -0.1) is 0 Å². The predicted octanol–water partition coefficient (Wildman–Crippen LogP) is 1.35. The van der Waals surface area contributed by atoms with Gasteiger partial charge in [-0.1, -0.05) is 44.2 Å². The minimum atomic E-state index is -0.337. The average molecular weight is 474 g/mol. The van der Waals surface area contributed by atoms with Gasteiger partial charge in [-0.2, -0.15) is 0 Å². The number of ether oxygens (including phenoxy) is 1. The van der Waals surface area contributed by atoms with Crippen LogP contribution in [0.15, 0.2) is 30.3 Å². The number of quaternary nitrogens is 1. The molecule has 0 atom stereocenters. The standard InChI is InChI=1S/C21H34N2O2.HI/c1-20(2)11-14-23(5,15-12-20)16-13-21(3,4)22-19(24)25-17-18-9-7-6-8-10-18;/h6-10H,11-17H2,1-5H3;1H. The van der Waals surface area contributed by atoms with Gasteiger partial charge < -0.3 is 38.5 Å². The lowest BCUT2D eigenvalue weighted by Gasteiger charge is -2.45. The molecule has 1 saturated heterocycles. The van der Waals surface area contributed by atoms with Crippen LogP contribution in [0.3, 0.4) is 0 Å². The molecule has 0 radical (unpaired) electrons. The number of piperidine rings is 1. The maximum atomic E-state index is 12.1. The van der Waals surface area contributed by atoms with Gasteiger partial charge in [0, 0.05) is 24.8 Å². The number of rotatable bonds is 6. The minimum absolute atomic E-state index is 0. The second-order valence-corrected chi connectivity index (χ2v) is 9.28. The first kappa shape index (κ1) is 23.2. The van der Waals surface area contributed by atoms with Crippen molar-refractivity contribution in [2.24, 2.45) is 5.41 Å². The van der Waals surface area contributed by atoms with E-state index in [0.29, 0.717) is 12.0 Å². The number of nitrogens with one attached hydrogen (secondary N) is 1. The Balaban J connectivity index is 0.00000338. The van der Waals surface area contributed by atoms with Crippen molar-refractivity contribution >= 4 is 6.09 Å². The number of halogens is 1. The summed E-state index contributed by atoms with van der Waals surface area (Å²) >= 11 is 0. The highest BCUT2D eigenvalue weighted by molar-refractivity contribution is 5.68. The number of hydrogen-bond acceptors (Lipinski definition) is 2. The van der Waals surface area contributed by atoms with E-state index in [1.54, 1.807) is 0 Å². The Morgan fingerprint density at radius 3 is 2.35 bits per heavy atom. The van der Waals surface area contributed by atoms with Gasteiger partial charge in [0.15, 0.2) is 0 Å². The minimum Gasteiger partial charge on any atom is -1.00 e. The van der Waals surface area contributed by atoms with Crippen LogP contribution < -0.4 is 29.3 Å². The van der Waals surface area contributed by atoms with Gasteiger partial charge >= 0.3 is 6.09 Å². The fraction of sp³-hybridized carbons (Fsp3) is 0.667. The molecule has 0 unspecified atom stereocenters. The van der Waals surface area contributed by atoms with Crippen molar-refractivity contribution in [3.05, 3.63) is 35.9 Å². The molecule has 1 aliphatic rings. The third-order valence-corrected chi connectivity index (χ3v) is 5.59. The van der Waals surface area contributed by atoms with Crippen molar-refractivity contribution in [1.82, 2.24) is 5.32 Å². The van der Waals surface area contributed by atoms with E-state index >= 15 is 0 Å². The number of amides is 1. The number of alkyl carbamates (subject to hydrolysis) is 1. The van der Waals surface area contributed by atoms with Crippen molar-refractivity contribution in [1.29, 1.82) is 0 Å². The smallest absolute Gasteiger partial charge is 0.407 e. The fourth-order valence-corrected chi connectivity index (χ4v) is 3.25. The van der Waals surface area contributed by atoms with E-state index in [4.69, 9.17) is 4.74 Å². The van der Waals surface area contributed by atoms with Crippen LogP contribution in [-0.2, 0) is 11.3 Å². The van der Waals surface area contributed by atoms with Crippen LogP contribution in [0.2, 0.25) is 0 Å². The summed E-state index contributed by atoms with van der Waals surface area (Å²) in [4.78, 5) is 12.1. The molecule has 0 aromatic heterocycles. The third kappa shape index (κ3) is 7.82. The van der Waals surface area contributed by atoms with Gasteiger partial charge in [0.05, 0.1) is 26.7 Å². The van der Waals surface area contributed by atoms with Crippen molar-refractivity contribution in [2.45, 2.75) is 59.1 Å². The fourth-order valence-electron chi connectivity index (χ4n) is 3.25. The second-order valence-electron chi connectivity index (χ2n) is 9.28. The van der Waals surface area contributed by atoms with Gasteiger partial charge in [0.1, 0.15) is 6.61 Å². The Morgan fingerprint density at radius 2 is 1.77 bits per heavy atom. The van der Waals surface area contributed by atoms with Crippen LogP contribution in [0.5, 0.6) is 0 Å². The van der Waals surface area contributed by atoms with Crippen molar-refractivity contribution in [3.8, 4) is 0 Å². The Hall–Kier alpha value is -0.820. The number of carbonyl (C=O) groups is 1. The summed E-state index contributed by atoms with van der Waals surface area (Å²) in [5, 5.41) is 3.03. The molecule has 4 nitrogen and oxygen atoms in total. The summed E-state index contributed by atoms with van der Waals surface area (Å²) < 4.78 is 6.46. The molecule has 0 spiro atoms. The van der Waals surface area contributed by atoms with Crippen LogP contribution in [0, 0.1) is 5.41 Å². The maximum absolute atomic E-state index is 12.1. The van der Waals surface area contributed by atoms with Crippen LogP contribution in [0.1, 0.15) is 52.5 Å². The SMILES string of the molecule is CC1(C)CC[N+](C)(CCC(C)(C)NC(=O)OCc2ccccc2)CC1.[I-]. The van der Waals surface area contributed by atoms with Crippen molar-refractivity contribution in [2.75, 3.05) is 26.7 Å². The average Bonchev–Trinajstić information content (AvgIpc) is 2.55. The van der Waals surface area contributed by atoms with E-state index < -0.39 is 0 Å². The predicted molar refractivity (Wildman–Crippen MR) is 102 cm³/mol. The first-order valence-electron chi connectivity index (χ1n) is 9.42. The second kappa shape index (κ2) is 9.40. The van der Waals surface area contributed by atoms with Crippen LogP contribution in [0.4, 0.5) is 4.79 Å². The molecular weight excluding hydrogens is 439 g/mol. The molecule has 0 saturated carbocycles. The van der Waals surface area contributed by atoms with Gasteiger partial charge in [-0.05, 0) is 24.8 Å². The lowest BCUT2D eigenvalue weighted by atomic mass is 9.81. The van der Waals surface area contributed by atoms with E-state index in [2.05, 4.69) is 40.1 Å². The monoisotopic (exact) mass is 474 g/mol. The lowest BCUT2D eigenvalue weighted by Crippen LogP contribution is -3.00. The molecule has 0 aliphatic carbocycles. The Bertz CT molecular complexity index is 563. The van der Waals surface area contributed by atoms with Gasteiger partial charge in [0.25, 0.3) is 0 Å². The number of benzene rings is 1. The Labute approximate surface area is 176 Å². The Kier molecular flexibility index (Phi) is 8.39. The van der Waals surface area contributed by atoms with Crippen LogP contribution in [0.25, 0.3) is 0 Å². The molecule has 1 fully saturated rings. The van der Waals surface area contributed by atoms with Crippen molar-refractivity contribution in [3.63, 3.8) is 0 Å². The van der Waals surface area contributed by atoms with E-state index in [-0.39, 0.29) is 35.6 Å². The summed E-state index contributed by atoms with van der Waals surface area (Å²) in [5.41, 5.74) is 1.22.